The maximum absolute atomic E-state index is 12.2. The molecule has 4 heteroatoms. The van der Waals surface area contributed by atoms with Crippen molar-refractivity contribution in [2.75, 3.05) is 0 Å². The van der Waals surface area contributed by atoms with E-state index in [4.69, 9.17) is 0 Å². The smallest absolute Gasteiger partial charge is 0.289 e. The molecule has 1 aliphatic carbocycles. The molecule has 0 aromatic carbocycles. The molecule has 0 radical (unpaired) electrons. The van der Waals surface area contributed by atoms with E-state index in [2.05, 4.69) is 0 Å². The molecule has 1 nitrogen and oxygen atoms in total. The zero-order valence-corrected chi connectivity index (χ0v) is 8.23. The van der Waals surface area contributed by atoms with Crippen molar-refractivity contribution in [1.82, 2.24) is 0 Å². The summed E-state index contributed by atoms with van der Waals surface area (Å²) in [5.74, 6) is -2.34. The molecule has 0 N–H and O–H groups in total. The van der Waals surface area contributed by atoms with Gasteiger partial charge in [0, 0.05) is 5.92 Å². The highest BCUT2D eigenvalue weighted by atomic mass is 19.4. The molecule has 1 saturated carbocycles. The standard InChI is InChI=1S/C10H15F3O/c1-2-7-5-3-4-6-8(7)9(14)10(11,12)13/h7-8H,2-6H2,1H3. The average molecular weight is 208 g/mol. The number of hydrogen-bond donors (Lipinski definition) is 0. The van der Waals surface area contributed by atoms with Crippen LogP contribution in [0.3, 0.4) is 0 Å². The molecule has 0 aromatic rings. The van der Waals surface area contributed by atoms with E-state index in [0.717, 1.165) is 19.3 Å². The number of carbonyl (C=O) groups excluding carboxylic acids is 1. The number of ketones is 1. The van der Waals surface area contributed by atoms with Crippen LogP contribution in [0.15, 0.2) is 0 Å². The molecule has 0 saturated heterocycles. The van der Waals surface area contributed by atoms with Gasteiger partial charge in [0.05, 0.1) is 0 Å². The lowest BCUT2D eigenvalue weighted by atomic mass is 9.75. The first-order valence-electron chi connectivity index (χ1n) is 5.07. The summed E-state index contributed by atoms with van der Waals surface area (Å²) in [4.78, 5) is 11.1. The van der Waals surface area contributed by atoms with E-state index in [1.165, 1.54) is 0 Å². The van der Waals surface area contributed by atoms with Gasteiger partial charge in [-0.2, -0.15) is 13.2 Å². The Morgan fingerprint density at radius 3 is 2.36 bits per heavy atom. The van der Waals surface area contributed by atoms with Crippen molar-refractivity contribution in [2.24, 2.45) is 11.8 Å². The van der Waals surface area contributed by atoms with Crippen LogP contribution >= 0.6 is 0 Å². The van der Waals surface area contributed by atoms with Gasteiger partial charge < -0.3 is 0 Å². The van der Waals surface area contributed by atoms with Gasteiger partial charge in [0.15, 0.2) is 0 Å². The quantitative estimate of drug-likeness (QED) is 0.680. The third-order valence-corrected chi connectivity index (χ3v) is 3.05. The SMILES string of the molecule is CCC1CCCCC1C(=O)C(F)(F)F. The second-order valence-corrected chi connectivity index (χ2v) is 3.92. The highest BCUT2D eigenvalue weighted by Gasteiger charge is 2.45. The Balaban J connectivity index is 2.69. The first kappa shape index (κ1) is 11.5. The number of rotatable bonds is 2. The fourth-order valence-corrected chi connectivity index (χ4v) is 2.25. The Morgan fingerprint density at radius 2 is 1.86 bits per heavy atom. The van der Waals surface area contributed by atoms with Crippen LogP contribution in [0.1, 0.15) is 39.0 Å². The highest BCUT2D eigenvalue weighted by molar-refractivity contribution is 5.86. The van der Waals surface area contributed by atoms with Gasteiger partial charge in [0.2, 0.25) is 5.78 Å². The second-order valence-electron chi connectivity index (χ2n) is 3.92. The zero-order chi connectivity index (χ0) is 10.8. The lowest BCUT2D eigenvalue weighted by Crippen LogP contribution is -2.36. The fraction of sp³-hybridized carbons (Fsp3) is 0.900. The molecule has 0 spiro atoms. The van der Waals surface area contributed by atoms with E-state index >= 15 is 0 Å². The van der Waals surface area contributed by atoms with E-state index in [9.17, 15) is 18.0 Å². The van der Waals surface area contributed by atoms with Crippen molar-refractivity contribution in [3.8, 4) is 0 Å². The van der Waals surface area contributed by atoms with Gasteiger partial charge in [-0.15, -0.1) is 0 Å². The largest absolute Gasteiger partial charge is 0.450 e. The monoisotopic (exact) mass is 208 g/mol. The third kappa shape index (κ3) is 2.49. The van der Waals surface area contributed by atoms with E-state index in [1.807, 2.05) is 6.92 Å². The molecule has 1 rings (SSSR count). The van der Waals surface area contributed by atoms with Crippen LogP contribution in [0, 0.1) is 11.8 Å². The highest BCUT2D eigenvalue weighted by Crippen LogP contribution is 2.36. The average Bonchev–Trinajstić information content (AvgIpc) is 2.15. The molecule has 1 fully saturated rings. The Bertz CT molecular complexity index is 210. The lowest BCUT2D eigenvalue weighted by molar-refractivity contribution is -0.178. The molecule has 1 aliphatic rings. The van der Waals surface area contributed by atoms with Crippen molar-refractivity contribution in [3.63, 3.8) is 0 Å². The third-order valence-electron chi connectivity index (χ3n) is 3.05. The van der Waals surface area contributed by atoms with Crippen LogP contribution in [0.25, 0.3) is 0 Å². The Hall–Kier alpha value is -0.540. The van der Waals surface area contributed by atoms with Crippen LogP contribution < -0.4 is 0 Å². The number of hydrogen-bond acceptors (Lipinski definition) is 1. The minimum atomic E-state index is -4.64. The molecule has 0 bridgehead atoms. The second kappa shape index (κ2) is 4.32. The van der Waals surface area contributed by atoms with Crippen molar-refractivity contribution in [3.05, 3.63) is 0 Å². The normalized spacial score (nSPS) is 28.9. The molecule has 2 atom stereocenters. The van der Waals surface area contributed by atoms with E-state index in [0.29, 0.717) is 12.8 Å². The summed E-state index contributed by atoms with van der Waals surface area (Å²) in [6.07, 6.45) is -1.08. The predicted octanol–water partition coefficient (Wildman–Crippen LogP) is 3.33. The maximum Gasteiger partial charge on any atom is 0.450 e. The minimum Gasteiger partial charge on any atom is -0.289 e. The molecule has 0 aliphatic heterocycles. The first-order chi connectivity index (χ1) is 6.46. The summed E-state index contributed by atoms with van der Waals surface area (Å²) in [5.41, 5.74) is 0. The molecule has 0 amide bonds. The van der Waals surface area contributed by atoms with E-state index < -0.39 is 17.9 Å². The number of halogens is 3. The van der Waals surface area contributed by atoms with E-state index in [-0.39, 0.29) is 5.92 Å². The van der Waals surface area contributed by atoms with Crippen LogP contribution in [-0.2, 0) is 4.79 Å². The van der Waals surface area contributed by atoms with Crippen LogP contribution in [0.5, 0.6) is 0 Å². The molecular weight excluding hydrogens is 193 g/mol. The topological polar surface area (TPSA) is 17.1 Å². The predicted molar refractivity (Wildman–Crippen MR) is 46.8 cm³/mol. The van der Waals surface area contributed by atoms with Gasteiger partial charge in [-0.05, 0) is 18.8 Å². The molecule has 0 heterocycles. The zero-order valence-electron chi connectivity index (χ0n) is 8.23. The lowest BCUT2D eigenvalue weighted by Gasteiger charge is -2.29. The van der Waals surface area contributed by atoms with Gasteiger partial charge in [-0.25, -0.2) is 0 Å². The summed E-state index contributed by atoms with van der Waals surface area (Å²) < 4.78 is 36.6. The molecule has 2 unspecified atom stereocenters. The Labute approximate surface area is 81.7 Å². The van der Waals surface area contributed by atoms with Gasteiger partial charge in [0.1, 0.15) is 0 Å². The number of alkyl halides is 3. The molecule has 0 aromatic heterocycles. The van der Waals surface area contributed by atoms with E-state index in [1.54, 1.807) is 0 Å². The molecule has 82 valence electrons. The maximum atomic E-state index is 12.2. The van der Waals surface area contributed by atoms with Gasteiger partial charge >= 0.3 is 6.18 Å². The summed E-state index contributed by atoms with van der Waals surface area (Å²) in [6.45, 7) is 1.85. The van der Waals surface area contributed by atoms with Crippen LogP contribution in [0.2, 0.25) is 0 Å². The van der Waals surface area contributed by atoms with Crippen molar-refractivity contribution in [1.29, 1.82) is 0 Å². The summed E-state index contributed by atoms with van der Waals surface area (Å²) >= 11 is 0. The van der Waals surface area contributed by atoms with Gasteiger partial charge in [-0.1, -0.05) is 26.2 Å². The van der Waals surface area contributed by atoms with Gasteiger partial charge in [-0.3, -0.25) is 4.79 Å². The molecular formula is C10H15F3O. The summed E-state index contributed by atoms with van der Waals surface area (Å²) in [5, 5.41) is 0. The first-order valence-corrected chi connectivity index (χ1v) is 5.07. The van der Waals surface area contributed by atoms with Crippen molar-refractivity contribution >= 4 is 5.78 Å². The summed E-state index contributed by atoms with van der Waals surface area (Å²) in [6, 6.07) is 0. The van der Waals surface area contributed by atoms with Crippen molar-refractivity contribution < 1.29 is 18.0 Å². The minimum absolute atomic E-state index is 0.0575. The van der Waals surface area contributed by atoms with Crippen molar-refractivity contribution in [2.45, 2.75) is 45.2 Å². The summed E-state index contributed by atoms with van der Waals surface area (Å²) in [7, 11) is 0. The number of carbonyl (C=O) groups is 1. The van der Waals surface area contributed by atoms with Crippen LogP contribution in [0.4, 0.5) is 13.2 Å². The van der Waals surface area contributed by atoms with Gasteiger partial charge in [0.25, 0.3) is 0 Å². The van der Waals surface area contributed by atoms with Crippen LogP contribution in [-0.4, -0.2) is 12.0 Å². The Morgan fingerprint density at radius 1 is 1.29 bits per heavy atom. The number of Topliss-reactive ketones (excluding diaryl/α,β-unsaturated/α-hetero) is 1. The molecule has 14 heavy (non-hydrogen) atoms. The Kier molecular flexibility index (Phi) is 3.56. The fourth-order valence-electron chi connectivity index (χ4n) is 2.25.